The molecule has 0 spiro atoms. The number of nitrogens with zero attached hydrogens (tertiary/aromatic N) is 4. The molecule has 0 atom stereocenters. The van der Waals surface area contributed by atoms with E-state index >= 15 is 0 Å². The van der Waals surface area contributed by atoms with Crippen molar-refractivity contribution < 1.29 is 19.2 Å². The van der Waals surface area contributed by atoms with Gasteiger partial charge in [-0.25, -0.2) is 0 Å². The fourth-order valence-electron chi connectivity index (χ4n) is 3.88. The molecule has 0 radical (unpaired) electrons. The van der Waals surface area contributed by atoms with Crippen LogP contribution in [0, 0.1) is 0 Å². The number of ether oxygens (including phenoxy) is 1. The average molecular weight is 498 g/mol. The van der Waals surface area contributed by atoms with Crippen LogP contribution in [0.4, 0.5) is 5.69 Å². The first-order valence-electron chi connectivity index (χ1n) is 11.7. The molecule has 0 fully saturated rings. The fourth-order valence-corrected chi connectivity index (χ4v) is 3.88. The number of unbranched alkanes of at least 4 members (excludes halogenated alkanes) is 1. The highest BCUT2D eigenvalue weighted by atomic mass is 16.5. The van der Waals surface area contributed by atoms with Crippen molar-refractivity contribution in [1.82, 2.24) is 20.4 Å². The smallest absolute Gasteiger partial charge is 0.257 e. The van der Waals surface area contributed by atoms with Crippen molar-refractivity contribution in [2.24, 2.45) is 0 Å². The minimum Gasteiger partial charge on any atom is -0.494 e. The van der Waals surface area contributed by atoms with E-state index in [1.165, 1.54) is 11.6 Å². The van der Waals surface area contributed by atoms with Gasteiger partial charge in [0, 0.05) is 11.6 Å². The number of amides is 1. The molecule has 2 heterocycles. The number of anilines is 1. The van der Waals surface area contributed by atoms with Gasteiger partial charge in [0.25, 0.3) is 11.7 Å². The van der Waals surface area contributed by atoms with Crippen LogP contribution in [-0.2, 0) is 6.42 Å². The van der Waals surface area contributed by atoms with Gasteiger partial charge < -0.3 is 19.7 Å². The van der Waals surface area contributed by atoms with Gasteiger partial charge >= 0.3 is 0 Å². The van der Waals surface area contributed by atoms with Crippen molar-refractivity contribution in [2.45, 2.75) is 19.3 Å². The van der Waals surface area contributed by atoms with Crippen LogP contribution in [0.3, 0.4) is 0 Å². The van der Waals surface area contributed by atoms with Crippen molar-refractivity contribution in [2.75, 3.05) is 11.9 Å². The summed E-state index contributed by atoms with van der Waals surface area (Å²) in [5.41, 5.74) is 1.77. The van der Waals surface area contributed by atoms with Crippen LogP contribution in [0.25, 0.3) is 22.6 Å². The standard InChI is InChI=1S/C27H23N5O5/c33-23-17-24(26-29-30-31-32(26)35)37-25-21(23)10-6-11-22(25)28-27(34)19-12-14-20(15-13-19)36-16-5-4-9-18-7-2-1-3-8-18/h1-3,6-8,10-15,17,35H,4-5,9,16H2,(H,28,34). The fraction of sp³-hybridized carbons (Fsp3) is 0.148. The molecule has 3 aromatic carbocycles. The highest BCUT2D eigenvalue weighted by Crippen LogP contribution is 2.26. The Morgan fingerprint density at radius 2 is 1.81 bits per heavy atom. The summed E-state index contributed by atoms with van der Waals surface area (Å²) < 4.78 is 11.6. The van der Waals surface area contributed by atoms with Gasteiger partial charge in [0.1, 0.15) is 5.75 Å². The summed E-state index contributed by atoms with van der Waals surface area (Å²) in [6.07, 6.45) is 2.96. The molecule has 186 valence electrons. The van der Waals surface area contributed by atoms with E-state index in [0.29, 0.717) is 22.8 Å². The number of rotatable bonds is 9. The van der Waals surface area contributed by atoms with Crippen LogP contribution in [-0.4, -0.2) is 38.1 Å². The highest BCUT2D eigenvalue weighted by Gasteiger charge is 2.17. The Morgan fingerprint density at radius 1 is 1.00 bits per heavy atom. The van der Waals surface area contributed by atoms with Crippen LogP contribution in [0.1, 0.15) is 28.8 Å². The molecular weight excluding hydrogens is 474 g/mol. The van der Waals surface area contributed by atoms with Gasteiger partial charge in [-0.05, 0) is 71.7 Å². The zero-order valence-electron chi connectivity index (χ0n) is 19.7. The predicted molar refractivity (Wildman–Crippen MR) is 136 cm³/mol. The summed E-state index contributed by atoms with van der Waals surface area (Å²) in [7, 11) is 0. The Morgan fingerprint density at radius 3 is 2.57 bits per heavy atom. The number of fused-ring (bicyclic) bond motifs is 1. The van der Waals surface area contributed by atoms with Gasteiger partial charge in [-0.2, -0.15) is 0 Å². The Bertz CT molecular complexity index is 1580. The minimum atomic E-state index is -0.387. The van der Waals surface area contributed by atoms with E-state index in [4.69, 9.17) is 9.15 Å². The molecule has 0 aliphatic rings. The number of hydrogen-bond donors (Lipinski definition) is 2. The molecule has 5 rings (SSSR count). The monoisotopic (exact) mass is 497 g/mol. The summed E-state index contributed by atoms with van der Waals surface area (Å²) in [6.45, 7) is 0.590. The van der Waals surface area contributed by atoms with E-state index < -0.39 is 0 Å². The Kier molecular flexibility index (Phi) is 6.89. The number of para-hydroxylation sites is 1. The van der Waals surface area contributed by atoms with Gasteiger partial charge in [-0.15, -0.1) is 5.10 Å². The Labute approximate surface area is 211 Å². The van der Waals surface area contributed by atoms with Crippen molar-refractivity contribution in [1.29, 1.82) is 0 Å². The molecule has 10 nitrogen and oxygen atoms in total. The predicted octanol–water partition coefficient (Wildman–Crippen LogP) is 4.34. The van der Waals surface area contributed by atoms with Crippen LogP contribution in [0.15, 0.2) is 88.1 Å². The lowest BCUT2D eigenvalue weighted by atomic mass is 10.1. The number of aromatic nitrogens is 4. The van der Waals surface area contributed by atoms with E-state index in [-0.39, 0.29) is 39.6 Å². The van der Waals surface area contributed by atoms with Gasteiger partial charge in [0.15, 0.2) is 16.8 Å². The minimum absolute atomic E-state index is 0.0445. The van der Waals surface area contributed by atoms with Gasteiger partial charge in [-0.3, -0.25) is 9.59 Å². The number of benzene rings is 3. The second-order valence-corrected chi connectivity index (χ2v) is 8.32. The molecular formula is C27H23N5O5. The molecule has 1 amide bonds. The average Bonchev–Trinajstić information content (AvgIpc) is 3.35. The van der Waals surface area contributed by atoms with Gasteiger partial charge in [-0.1, -0.05) is 41.2 Å². The van der Waals surface area contributed by atoms with Gasteiger partial charge in [0.2, 0.25) is 0 Å². The molecule has 0 aliphatic heterocycles. The highest BCUT2D eigenvalue weighted by molar-refractivity contribution is 6.08. The molecule has 5 aromatic rings. The molecule has 10 heteroatoms. The third kappa shape index (κ3) is 5.48. The number of nitrogens with one attached hydrogen (secondary N) is 1. The molecule has 0 saturated heterocycles. The lowest BCUT2D eigenvalue weighted by Gasteiger charge is -2.10. The van der Waals surface area contributed by atoms with Crippen molar-refractivity contribution in [3.05, 3.63) is 100 Å². The number of tetrazole rings is 1. The lowest BCUT2D eigenvalue weighted by molar-refractivity contribution is 0.102. The van der Waals surface area contributed by atoms with Crippen LogP contribution < -0.4 is 15.5 Å². The maximum Gasteiger partial charge on any atom is 0.257 e. The first-order valence-corrected chi connectivity index (χ1v) is 11.7. The third-order valence-corrected chi connectivity index (χ3v) is 5.76. The number of aryl methyl sites for hydroxylation is 1. The van der Waals surface area contributed by atoms with E-state index in [2.05, 4.69) is 33.0 Å². The second-order valence-electron chi connectivity index (χ2n) is 8.32. The second kappa shape index (κ2) is 10.7. The number of carbonyl (C=O) groups is 1. The van der Waals surface area contributed by atoms with E-state index in [1.807, 2.05) is 18.2 Å². The molecule has 37 heavy (non-hydrogen) atoms. The summed E-state index contributed by atoms with van der Waals surface area (Å²) in [4.78, 5) is 25.9. The molecule has 0 bridgehead atoms. The number of hydrogen-bond acceptors (Lipinski definition) is 8. The van der Waals surface area contributed by atoms with Crippen LogP contribution in [0.2, 0.25) is 0 Å². The Balaban J connectivity index is 1.23. The normalized spacial score (nSPS) is 10.9. The quantitative estimate of drug-likeness (QED) is 0.227. The topological polar surface area (TPSA) is 132 Å². The molecule has 2 N–H and O–H groups in total. The first kappa shape index (κ1) is 23.7. The first-order chi connectivity index (χ1) is 18.1. The van der Waals surface area contributed by atoms with Crippen LogP contribution in [0.5, 0.6) is 5.75 Å². The molecule has 0 saturated carbocycles. The van der Waals surface area contributed by atoms with Crippen LogP contribution >= 0.6 is 0 Å². The largest absolute Gasteiger partial charge is 0.494 e. The van der Waals surface area contributed by atoms with Crippen molar-refractivity contribution in [3.8, 4) is 17.3 Å². The number of carbonyl (C=O) groups excluding carboxylic acids is 1. The molecule has 0 aliphatic carbocycles. The SMILES string of the molecule is O=C(Nc1cccc2c(=O)cc(-c3nnnn3O)oc12)c1ccc(OCCCCc2ccccc2)cc1. The maximum atomic E-state index is 12.9. The zero-order chi connectivity index (χ0) is 25.6. The summed E-state index contributed by atoms with van der Waals surface area (Å²) in [5.74, 6) is 0.105. The Hall–Kier alpha value is -4.99. The summed E-state index contributed by atoms with van der Waals surface area (Å²) >= 11 is 0. The van der Waals surface area contributed by atoms with E-state index in [0.717, 1.165) is 19.3 Å². The summed E-state index contributed by atoms with van der Waals surface area (Å²) in [6, 6.07) is 23.2. The molecule has 0 unspecified atom stereocenters. The van der Waals surface area contributed by atoms with Gasteiger partial charge in [0.05, 0.1) is 17.7 Å². The third-order valence-electron chi connectivity index (χ3n) is 5.76. The maximum absolute atomic E-state index is 12.9. The van der Waals surface area contributed by atoms with Crippen molar-refractivity contribution >= 4 is 22.6 Å². The van der Waals surface area contributed by atoms with E-state index in [9.17, 15) is 14.8 Å². The zero-order valence-corrected chi connectivity index (χ0v) is 19.7. The lowest BCUT2D eigenvalue weighted by Crippen LogP contribution is -2.13. The summed E-state index contributed by atoms with van der Waals surface area (Å²) in [5, 5.41) is 23.1. The van der Waals surface area contributed by atoms with E-state index in [1.54, 1.807) is 42.5 Å². The van der Waals surface area contributed by atoms with Crippen molar-refractivity contribution in [3.63, 3.8) is 0 Å². The molecule has 2 aromatic heterocycles.